The number of hydrogen-bond acceptors (Lipinski definition) is 1. The van der Waals surface area contributed by atoms with Crippen LogP contribution in [0.3, 0.4) is 0 Å². The average Bonchev–Trinajstić information content (AvgIpc) is 2.28. The van der Waals surface area contributed by atoms with Gasteiger partial charge in [-0.15, -0.1) is 0 Å². The van der Waals surface area contributed by atoms with Gasteiger partial charge in [0.05, 0.1) is 0 Å². The van der Waals surface area contributed by atoms with Gasteiger partial charge >= 0.3 is 0 Å². The summed E-state index contributed by atoms with van der Waals surface area (Å²) in [5.74, 6) is 0. The van der Waals surface area contributed by atoms with Crippen molar-refractivity contribution in [2.75, 3.05) is 0 Å². The van der Waals surface area contributed by atoms with Gasteiger partial charge in [-0.05, 0) is 32.1 Å². The van der Waals surface area contributed by atoms with Crippen molar-refractivity contribution in [1.82, 2.24) is 5.32 Å². The number of nitrogens with one attached hydrogen (secondary N) is 1. The molecule has 80 valence electrons. The number of allylic oxidation sites excluding steroid dienone is 8. The lowest BCUT2D eigenvalue weighted by Gasteiger charge is -2.06. The third-order valence-corrected chi connectivity index (χ3v) is 1.70. The summed E-state index contributed by atoms with van der Waals surface area (Å²) in [6.07, 6.45) is 15.3. The summed E-state index contributed by atoms with van der Waals surface area (Å²) < 4.78 is 0. The van der Waals surface area contributed by atoms with Crippen LogP contribution in [0.4, 0.5) is 0 Å². The van der Waals surface area contributed by atoms with Crippen LogP contribution in [0.2, 0.25) is 0 Å². The molecule has 0 aliphatic heterocycles. The van der Waals surface area contributed by atoms with Crippen LogP contribution in [0.25, 0.3) is 0 Å². The Kier molecular flexibility index (Phi) is 7.79. The summed E-state index contributed by atoms with van der Waals surface area (Å²) in [5.41, 5.74) is 1.99. The highest BCUT2D eigenvalue weighted by Gasteiger charge is 1.91. The predicted octanol–water partition coefficient (Wildman–Crippen LogP) is 3.87. The van der Waals surface area contributed by atoms with E-state index in [0.717, 1.165) is 11.4 Å². The van der Waals surface area contributed by atoms with E-state index in [0.29, 0.717) is 0 Å². The fourth-order valence-electron chi connectivity index (χ4n) is 0.909. The van der Waals surface area contributed by atoms with Crippen LogP contribution < -0.4 is 5.32 Å². The van der Waals surface area contributed by atoms with Gasteiger partial charge in [0.15, 0.2) is 0 Å². The molecule has 1 N–H and O–H groups in total. The highest BCUT2D eigenvalue weighted by Crippen LogP contribution is 1.99. The molecule has 1 heteroatoms. The van der Waals surface area contributed by atoms with Gasteiger partial charge in [-0.3, -0.25) is 0 Å². The Hall–Kier alpha value is -1.76. The fourth-order valence-corrected chi connectivity index (χ4v) is 0.909. The summed E-state index contributed by atoms with van der Waals surface area (Å²) in [5, 5.41) is 3.24. The molecule has 0 bridgehead atoms. The number of rotatable bonds is 6. The minimum atomic E-state index is 0.968. The van der Waals surface area contributed by atoms with Crippen LogP contribution >= 0.6 is 0 Å². The molecule has 0 unspecified atom stereocenters. The molecule has 0 aliphatic carbocycles. The second-order valence-corrected chi connectivity index (χ2v) is 2.82. The smallest absolute Gasteiger partial charge is 0.0378 e. The van der Waals surface area contributed by atoms with Gasteiger partial charge in [0.1, 0.15) is 0 Å². The van der Waals surface area contributed by atoms with Crippen molar-refractivity contribution < 1.29 is 0 Å². The maximum Gasteiger partial charge on any atom is 0.0378 e. The molecule has 0 rings (SSSR count). The van der Waals surface area contributed by atoms with E-state index < -0.39 is 0 Å². The predicted molar refractivity (Wildman–Crippen MR) is 69.3 cm³/mol. The molecule has 0 saturated heterocycles. The molecule has 0 aromatic rings. The summed E-state index contributed by atoms with van der Waals surface area (Å²) in [7, 11) is 0. The third-order valence-electron chi connectivity index (χ3n) is 1.70. The molecule has 1 nitrogen and oxygen atoms in total. The van der Waals surface area contributed by atoms with Crippen molar-refractivity contribution in [1.29, 1.82) is 0 Å². The molecule has 0 atom stereocenters. The van der Waals surface area contributed by atoms with Crippen LogP contribution in [0.1, 0.15) is 13.8 Å². The molecule has 0 heterocycles. The van der Waals surface area contributed by atoms with Gasteiger partial charge < -0.3 is 5.32 Å². The van der Waals surface area contributed by atoms with Crippen molar-refractivity contribution in [2.45, 2.75) is 13.8 Å². The van der Waals surface area contributed by atoms with Crippen LogP contribution in [0.15, 0.2) is 73.2 Å². The van der Waals surface area contributed by atoms with Gasteiger partial charge in [0.2, 0.25) is 0 Å². The zero-order chi connectivity index (χ0) is 11.5. The monoisotopic (exact) mass is 201 g/mol. The van der Waals surface area contributed by atoms with Crippen molar-refractivity contribution in [3.63, 3.8) is 0 Å². The molecule has 0 aromatic heterocycles. The minimum absolute atomic E-state index is 0.968. The Morgan fingerprint density at radius 1 is 1.07 bits per heavy atom. The van der Waals surface area contributed by atoms with Crippen molar-refractivity contribution in [3.8, 4) is 0 Å². The van der Waals surface area contributed by atoms with E-state index >= 15 is 0 Å². The molecular formula is C14H19N. The topological polar surface area (TPSA) is 12.0 Å². The first-order valence-electron chi connectivity index (χ1n) is 4.96. The molecule has 0 aromatic carbocycles. The first-order chi connectivity index (χ1) is 7.28. The normalized spacial score (nSPS) is 13.5. The van der Waals surface area contributed by atoms with E-state index in [1.54, 1.807) is 12.2 Å². The molecule has 0 spiro atoms. The highest BCUT2D eigenvalue weighted by atomic mass is 14.9. The van der Waals surface area contributed by atoms with E-state index in [4.69, 9.17) is 0 Å². The zero-order valence-electron chi connectivity index (χ0n) is 9.53. The number of hydrogen-bond donors (Lipinski definition) is 1. The van der Waals surface area contributed by atoms with Crippen LogP contribution in [-0.4, -0.2) is 0 Å². The average molecular weight is 201 g/mol. The van der Waals surface area contributed by atoms with Gasteiger partial charge in [-0.1, -0.05) is 43.5 Å². The lowest BCUT2D eigenvalue weighted by Crippen LogP contribution is -2.08. The molecule has 0 fully saturated rings. The summed E-state index contributed by atoms with van der Waals surface area (Å²) in [6, 6.07) is 0. The van der Waals surface area contributed by atoms with E-state index in [1.807, 2.05) is 50.3 Å². The van der Waals surface area contributed by atoms with Gasteiger partial charge in [-0.2, -0.15) is 0 Å². The SMILES string of the molecule is C=C/C=C\C(=C/C)N/C(C=C)=C/C=C\C. The van der Waals surface area contributed by atoms with Crippen LogP contribution in [0, 0.1) is 0 Å². The Balaban J connectivity index is 4.58. The van der Waals surface area contributed by atoms with E-state index in [1.165, 1.54) is 0 Å². The second-order valence-electron chi connectivity index (χ2n) is 2.82. The van der Waals surface area contributed by atoms with E-state index in [9.17, 15) is 0 Å². The minimum Gasteiger partial charge on any atom is -0.356 e. The second kappa shape index (κ2) is 8.82. The largest absolute Gasteiger partial charge is 0.356 e. The molecule has 0 saturated carbocycles. The van der Waals surface area contributed by atoms with Crippen molar-refractivity contribution >= 4 is 0 Å². The lowest BCUT2D eigenvalue weighted by atomic mass is 10.3. The Morgan fingerprint density at radius 3 is 2.27 bits per heavy atom. The molecule has 15 heavy (non-hydrogen) atoms. The Labute approximate surface area is 92.9 Å². The first-order valence-corrected chi connectivity index (χ1v) is 4.96. The standard InChI is InChI=1S/C14H19N/c1-5-9-11-13(7-3)15-14(8-4)12-10-6-2/h5-12,15H,1,4H2,2-3H3/b10-6-,11-9-,13-7+,14-12+. The van der Waals surface area contributed by atoms with Gasteiger partial charge in [0.25, 0.3) is 0 Å². The Bertz CT molecular complexity index is 314. The summed E-state index contributed by atoms with van der Waals surface area (Å²) in [4.78, 5) is 0. The molecule has 0 radical (unpaired) electrons. The molecular weight excluding hydrogens is 182 g/mol. The highest BCUT2D eigenvalue weighted by molar-refractivity contribution is 5.29. The lowest BCUT2D eigenvalue weighted by molar-refractivity contribution is 1.04. The van der Waals surface area contributed by atoms with Crippen molar-refractivity contribution in [2.24, 2.45) is 0 Å². The first kappa shape index (κ1) is 13.2. The summed E-state index contributed by atoms with van der Waals surface area (Å²) >= 11 is 0. The molecule has 0 aliphatic rings. The fraction of sp³-hybridized carbons (Fsp3) is 0.143. The van der Waals surface area contributed by atoms with Gasteiger partial charge in [-0.25, -0.2) is 0 Å². The zero-order valence-corrected chi connectivity index (χ0v) is 9.53. The maximum absolute atomic E-state index is 3.75. The van der Waals surface area contributed by atoms with Crippen molar-refractivity contribution in [3.05, 3.63) is 73.2 Å². The third kappa shape index (κ3) is 6.33. The van der Waals surface area contributed by atoms with Gasteiger partial charge in [0, 0.05) is 11.4 Å². The summed E-state index contributed by atoms with van der Waals surface area (Å²) in [6.45, 7) is 11.3. The Morgan fingerprint density at radius 2 is 1.80 bits per heavy atom. The maximum atomic E-state index is 3.75. The van der Waals surface area contributed by atoms with E-state index in [-0.39, 0.29) is 0 Å². The molecule has 0 amide bonds. The van der Waals surface area contributed by atoms with Crippen LogP contribution in [-0.2, 0) is 0 Å². The van der Waals surface area contributed by atoms with Crippen LogP contribution in [0.5, 0.6) is 0 Å². The van der Waals surface area contributed by atoms with E-state index in [2.05, 4.69) is 18.5 Å². The quantitative estimate of drug-likeness (QED) is 0.643.